The highest BCUT2D eigenvalue weighted by atomic mass is 35.5. The van der Waals surface area contributed by atoms with Crippen LogP contribution in [0.3, 0.4) is 0 Å². The molecule has 2 aromatic heterocycles. The van der Waals surface area contributed by atoms with Gasteiger partial charge in [0.2, 0.25) is 0 Å². The van der Waals surface area contributed by atoms with Gasteiger partial charge < -0.3 is 9.30 Å². The second kappa shape index (κ2) is 8.16. The SMILES string of the molecule is O=C(O[C@H]1C[C@@](c2ccc(Cl)s2)(c2nnc3n2CCCCCC3)C1)c1ccccc1. The van der Waals surface area contributed by atoms with E-state index in [0.717, 1.165) is 41.8 Å². The summed E-state index contributed by atoms with van der Waals surface area (Å²) in [6.07, 6.45) is 7.05. The molecule has 0 N–H and O–H groups in total. The molecule has 2 aliphatic rings. The number of esters is 1. The molecule has 0 unspecified atom stereocenters. The fraction of sp³-hybridized carbons (Fsp3) is 0.435. The van der Waals surface area contributed by atoms with Crippen LogP contribution in [0.1, 0.15) is 65.4 Å². The van der Waals surface area contributed by atoms with Crippen molar-refractivity contribution >= 4 is 28.9 Å². The van der Waals surface area contributed by atoms with Gasteiger partial charge in [0.05, 0.1) is 15.3 Å². The molecular formula is C23H24ClN3O2S. The quantitative estimate of drug-likeness (QED) is 0.507. The summed E-state index contributed by atoms with van der Waals surface area (Å²) >= 11 is 7.88. The predicted molar refractivity (Wildman–Crippen MR) is 117 cm³/mol. The molecule has 1 aliphatic heterocycles. The number of thiophene rings is 1. The Morgan fingerprint density at radius 1 is 1.07 bits per heavy atom. The van der Waals surface area contributed by atoms with Crippen LogP contribution in [0.15, 0.2) is 42.5 Å². The lowest BCUT2D eigenvalue weighted by Gasteiger charge is -2.45. The van der Waals surface area contributed by atoms with Gasteiger partial charge >= 0.3 is 5.97 Å². The average molecular weight is 442 g/mol. The molecule has 1 fully saturated rings. The van der Waals surface area contributed by atoms with Crippen LogP contribution in [0.25, 0.3) is 0 Å². The zero-order valence-electron chi connectivity index (χ0n) is 16.7. The normalized spacial score (nSPS) is 23.7. The van der Waals surface area contributed by atoms with Gasteiger partial charge in [0.1, 0.15) is 17.8 Å². The van der Waals surface area contributed by atoms with E-state index in [1.807, 2.05) is 24.3 Å². The fourth-order valence-electron chi connectivity index (χ4n) is 4.68. The van der Waals surface area contributed by atoms with E-state index in [1.165, 1.54) is 17.7 Å². The zero-order valence-corrected chi connectivity index (χ0v) is 18.3. The van der Waals surface area contributed by atoms with Crippen LogP contribution in [0, 0.1) is 0 Å². The summed E-state index contributed by atoms with van der Waals surface area (Å²) in [5.41, 5.74) is 0.297. The number of ether oxygens (including phenoxy) is 1. The molecular weight excluding hydrogens is 418 g/mol. The van der Waals surface area contributed by atoms with Gasteiger partial charge in [-0.3, -0.25) is 0 Å². The molecule has 0 radical (unpaired) electrons. The molecule has 30 heavy (non-hydrogen) atoms. The smallest absolute Gasteiger partial charge is 0.338 e. The minimum absolute atomic E-state index is 0.139. The fourth-order valence-corrected chi connectivity index (χ4v) is 5.92. The average Bonchev–Trinajstić information content (AvgIpc) is 3.31. The minimum atomic E-state index is -0.288. The second-order valence-corrected chi connectivity index (χ2v) is 9.96. The Hall–Kier alpha value is -2.18. The lowest BCUT2D eigenvalue weighted by molar-refractivity contribution is -0.0153. The van der Waals surface area contributed by atoms with E-state index in [-0.39, 0.29) is 17.5 Å². The predicted octanol–water partition coefficient (Wildman–Crippen LogP) is 5.42. The van der Waals surface area contributed by atoms with Gasteiger partial charge in [0.25, 0.3) is 0 Å². The van der Waals surface area contributed by atoms with Crippen LogP contribution in [-0.2, 0) is 23.1 Å². The number of carbonyl (C=O) groups excluding carboxylic acids is 1. The Labute approximate surface area is 185 Å². The number of hydrogen-bond acceptors (Lipinski definition) is 5. The summed E-state index contributed by atoms with van der Waals surface area (Å²) in [5.74, 6) is 1.82. The van der Waals surface area contributed by atoms with Crippen molar-refractivity contribution in [2.24, 2.45) is 0 Å². The first-order valence-electron chi connectivity index (χ1n) is 10.6. The van der Waals surface area contributed by atoms with Crippen LogP contribution >= 0.6 is 22.9 Å². The minimum Gasteiger partial charge on any atom is -0.459 e. The van der Waals surface area contributed by atoms with E-state index in [0.29, 0.717) is 18.4 Å². The summed E-state index contributed by atoms with van der Waals surface area (Å²) < 4.78 is 8.90. The number of nitrogens with zero attached hydrogens (tertiary/aromatic N) is 3. The Kier molecular flexibility index (Phi) is 5.37. The second-order valence-electron chi connectivity index (χ2n) is 8.24. The summed E-state index contributed by atoms with van der Waals surface area (Å²) in [7, 11) is 0. The third-order valence-corrected chi connectivity index (χ3v) is 7.70. The number of fused-ring (bicyclic) bond motifs is 1. The number of hydrogen-bond donors (Lipinski definition) is 0. The number of carbonyl (C=O) groups is 1. The van der Waals surface area contributed by atoms with Gasteiger partial charge in [0, 0.05) is 30.7 Å². The van der Waals surface area contributed by atoms with E-state index in [4.69, 9.17) is 16.3 Å². The van der Waals surface area contributed by atoms with E-state index >= 15 is 0 Å². The molecule has 5 rings (SSSR count). The molecule has 7 heteroatoms. The van der Waals surface area contributed by atoms with Crippen molar-refractivity contribution in [3.8, 4) is 0 Å². The van der Waals surface area contributed by atoms with Crippen LogP contribution < -0.4 is 0 Å². The van der Waals surface area contributed by atoms with Gasteiger partial charge in [-0.05, 0) is 37.1 Å². The number of aromatic nitrogens is 3. The third kappa shape index (κ3) is 3.56. The van der Waals surface area contributed by atoms with E-state index in [2.05, 4.69) is 20.8 Å². The number of rotatable bonds is 4. The van der Waals surface area contributed by atoms with Crippen LogP contribution in [0.2, 0.25) is 4.34 Å². The van der Waals surface area contributed by atoms with Gasteiger partial charge in [0.15, 0.2) is 0 Å². The molecule has 0 amide bonds. The Balaban J connectivity index is 1.43. The van der Waals surface area contributed by atoms with Crippen LogP contribution in [0.4, 0.5) is 0 Å². The maximum atomic E-state index is 12.5. The van der Waals surface area contributed by atoms with Gasteiger partial charge in [-0.25, -0.2) is 4.79 Å². The van der Waals surface area contributed by atoms with Gasteiger partial charge in [-0.2, -0.15) is 0 Å². The summed E-state index contributed by atoms with van der Waals surface area (Å²) in [4.78, 5) is 13.7. The highest BCUT2D eigenvalue weighted by Crippen LogP contribution is 2.52. The lowest BCUT2D eigenvalue weighted by Crippen LogP contribution is -2.49. The molecule has 0 bridgehead atoms. The molecule has 1 aliphatic carbocycles. The van der Waals surface area contributed by atoms with Crippen molar-refractivity contribution in [1.29, 1.82) is 0 Å². The highest BCUT2D eigenvalue weighted by Gasteiger charge is 2.53. The zero-order chi connectivity index (χ0) is 20.6. The van der Waals surface area contributed by atoms with E-state index in [1.54, 1.807) is 23.5 Å². The maximum absolute atomic E-state index is 12.5. The van der Waals surface area contributed by atoms with Gasteiger partial charge in [-0.15, -0.1) is 21.5 Å². The summed E-state index contributed by atoms with van der Waals surface area (Å²) in [6.45, 7) is 0.951. The molecule has 1 aromatic carbocycles. The molecule has 3 heterocycles. The van der Waals surface area contributed by atoms with Crippen LogP contribution in [0.5, 0.6) is 0 Å². The Morgan fingerprint density at radius 3 is 2.63 bits per heavy atom. The largest absolute Gasteiger partial charge is 0.459 e. The Bertz CT molecular complexity index is 1040. The topological polar surface area (TPSA) is 57.0 Å². The monoisotopic (exact) mass is 441 g/mol. The molecule has 0 spiro atoms. The first kappa shape index (κ1) is 19.8. The lowest BCUT2D eigenvalue weighted by atomic mass is 9.65. The van der Waals surface area contributed by atoms with Crippen molar-refractivity contribution in [3.05, 3.63) is 68.9 Å². The summed E-state index contributed by atoms with van der Waals surface area (Å²) in [5, 5.41) is 9.22. The van der Waals surface area contributed by atoms with Crippen molar-refractivity contribution in [3.63, 3.8) is 0 Å². The van der Waals surface area contributed by atoms with Crippen LogP contribution in [-0.4, -0.2) is 26.8 Å². The Morgan fingerprint density at radius 2 is 1.87 bits per heavy atom. The first-order valence-corrected chi connectivity index (χ1v) is 11.8. The van der Waals surface area contributed by atoms with E-state index in [9.17, 15) is 4.79 Å². The molecule has 1 saturated carbocycles. The highest BCUT2D eigenvalue weighted by molar-refractivity contribution is 7.16. The molecule has 5 nitrogen and oxygen atoms in total. The molecule has 0 saturated heterocycles. The van der Waals surface area contributed by atoms with Crippen molar-refractivity contribution < 1.29 is 9.53 Å². The molecule has 156 valence electrons. The van der Waals surface area contributed by atoms with Gasteiger partial charge in [-0.1, -0.05) is 42.6 Å². The third-order valence-electron chi connectivity index (χ3n) is 6.27. The van der Waals surface area contributed by atoms with Crippen molar-refractivity contribution in [2.75, 3.05) is 0 Å². The number of aryl methyl sites for hydroxylation is 1. The summed E-state index contributed by atoms with van der Waals surface area (Å²) in [6, 6.07) is 13.2. The number of benzene rings is 1. The van der Waals surface area contributed by atoms with E-state index < -0.39 is 0 Å². The molecule has 3 aromatic rings. The first-order chi connectivity index (χ1) is 14.7. The van der Waals surface area contributed by atoms with Crippen molar-refractivity contribution in [1.82, 2.24) is 14.8 Å². The maximum Gasteiger partial charge on any atom is 0.338 e. The van der Waals surface area contributed by atoms with Crippen molar-refractivity contribution in [2.45, 2.75) is 63.0 Å². The number of halogens is 1. The standard InChI is InChI=1S/C23H24ClN3O2S/c24-19-12-11-18(30-19)23(22-26-25-20-10-6-1-2-7-13-27(20)22)14-17(15-23)29-21(28)16-8-4-3-5-9-16/h3-5,8-9,11-12,17H,1-2,6-7,10,13-15H2/t17-,23+. The molecule has 0 atom stereocenters.